The van der Waals surface area contributed by atoms with Crippen molar-refractivity contribution in [3.05, 3.63) is 35.9 Å². The summed E-state index contributed by atoms with van der Waals surface area (Å²) in [6.07, 6.45) is 0. The lowest BCUT2D eigenvalue weighted by Gasteiger charge is -2.39. The zero-order valence-electron chi connectivity index (χ0n) is 13.2. The Hall–Kier alpha value is -1.43. The Kier molecular flexibility index (Phi) is 7.36. The summed E-state index contributed by atoms with van der Waals surface area (Å²) in [4.78, 5) is 11.6. The first-order valence-electron chi connectivity index (χ1n) is 7.33. The Balaban J connectivity index is 3.23. The van der Waals surface area contributed by atoms with Gasteiger partial charge in [-0.05, 0) is 26.3 Å². The van der Waals surface area contributed by atoms with Gasteiger partial charge in [-0.2, -0.15) is 0 Å². The van der Waals surface area contributed by atoms with Crippen LogP contribution in [0.2, 0.25) is 0 Å². The number of amides is 1. The summed E-state index contributed by atoms with van der Waals surface area (Å²) < 4.78 is 17.3. The number of hydrogen-bond donors (Lipinski definition) is 1. The van der Waals surface area contributed by atoms with Crippen LogP contribution in [0.3, 0.4) is 0 Å². The molecule has 0 saturated heterocycles. The van der Waals surface area contributed by atoms with E-state index in [2.05, 4.69) is 5.32 Å². The second-order valence-electron chi connectivity index (χ2n) is 4.45. The van der Waals surface area contributed by atoms with Gasteiger partial charge in [-0.3, -0.25) is 4.79 Å². The van der Waals surface area contributed by atoms with Gasteiger partial charge in [0.15, 0.2) is 0 Å². The molecule has 1 unspecified atom stereocenters. The van der Waals surface area contributed by atoms with Gasteiger partial charge in [0, 0.05) is 26.7 Å². The van der Waals surface area contributed by atoms with Gasteiger partial charge in [0.25, 0.3) is 0 Å². The van der Waals surface area contributed by atoms with Gasteiger partial charge in [0.2, 0.25) is 5.91 Å². The van der Waals surface area contributed by atoms with E-state index in [1.54, 1.807) is 0 Å². The van der Waals surface area contributed by atoms with Crippen molar-refractivity contribution >= 4 is 5.91 Å². The average molecular weight is 295 g/mol. The van der Waals surface area contributed by atoms with E-state index < -0.39 is 12.0 Å². The van der Waals surface area contributed by atoms with Crippen molar-refractivity contribution in [3.63, 3.8) is 0 Å². The predicted octanol–water partition coefficient (Wildman–Crippen LogP) is 2.63. The quantitative estimate of drug-likeness (QED) is 0.712. The first kappa shape index (κ1) is 17.6. The van der Waals surface area contributed by atoms with Crippen LogP contribution in [-0.4, -0.2) is 31.7 Å². The van der Waals surface area contributed by atoms with Crippen LogP contribution in [-0.2, 0) is 19.0 Å². The minimum absolute atomic E-state index is 0.174. The third-order valence-corrected chi connectivity index (χ3v) is 2.87. The molecule has 0 fully saturated rings. The van der Waals surface area contributed by atoms with E-state index in [-0.39, 0.29) is 5.91 Å². The molecule has 21 heavy (non-hydrogen) atoms. The minimum Gasteiger partial charge on any atom is -0.342 e. The van der Waals surface area contributed by atoms with E-state index in [4.69, 9.17) is 14.2 Å². The van der Waals surface area contributed by atoms with Crippen LogP contribution >= 0.6 is 0 Å². The molecule has 1 N–H and O–H groups in total. The SMILES string of the molecule is CCOC(OCC)(OCC)C(NC(C)=O)c1ccccc1. The fourth-order valence-corrected chi connectivity index (χ4v) is 2.20. The molecule has 0 saturated carbocycles. The number of carbonyl (C=O) groups is 1. The lowest BCUT2D eigenvalue weighted by molar-refractivity contribution is -0.390. The minimum atomic E-state index is -1.33. The molecule has 0 radical (unpaired) electrons. The molecular weight excluding hydrogens is 270 g/mol. The molecule has 5 heteroatoms. The molecule has 1 atom stereocenters. The zero-order valence-corrected chi connectivity index (χ0v) is 13.2. The lowest BCUT2D eigenvalue weighted by Crippen LogP contribution is -2.51. The summed E-state index contributed by atoms with van der Waals surface area (Å²) in [5, 5.41) is 2.88. The smallest absolute Gasteiger partial charge is 0.308 e. The van der Waals surface area contributed by atoms with E-state index in [1.165, 1.54) is 6.92 Å². The van der Waals surface area contributed by atoms with Crippen LogP contribution in [0.15, 0.2) is 30.3 Å². The summed E-state index contributed by atoms with van der Waals surface area (Å²) in [5.74, 6) is -1.50. The van der Waals surface area contributed by atoms with Crippen molar-refractivity contribution in [2.24, 2.45) is 0 Å². The molecule has 118 valence electrons. The van der Waals surface area contributed by atoms with E-state index in [9.17, 15) is 4.79 Å². The average Bonchev–Trinajstić information content (AvgIpc) is 2.46. The van der Waals surface area contributed by atoms with Gasteiger partial charge >= 0.3 is 5.97 Å². The highest BCUT2D eigenvalue weighted by Crippen LogP contribution is 2.32. The second kappa shape index (κ2) is 8.77. The van der Waals surface area contributed by atoms with Gasteiger partial charge in [0.1, 0.15) is 6.04 Å². The fourth-order valence-electron chi connectivity index (χ4n) is 2.20. The Morgan fingerprint density at radius 1 is 1.05 bits per heavy atom. The highest BCUT2D eigenvalue weighted by Gasteiger charge is 2.44. The van der Waals surface area contributed by atoms with Crippen molar-refractivity contribution in [1.29, 1.82) is 0 Å². The van der Waals surface area contributed by atoms with Crippen LogP contribution in [0.1, 0.15) is 39.3 Å². The monoisotopic (exact) mass is 295 g/mol. The van der Waals surface area contributed by atoms with E-state index in [1.807, 2.05) is 51.1 Å². The molecule has 0 heterocycles. The summed E-state index contributed by atoms with van der Waals surface area (Å²) in [6, 6.07) is 8.99. The molecule has 0 spiro atoms. The number of nitrogens with one attached hydrogen (secondary N) is 1. The van der Waals surface area contributed by atoms with Crippen LogP contribution < -0.4 is 5.32 Å². The van der Waals surface area contributed by atoms with Crippen LogP contribution in [0, 0.1) is 0 Å². The molecule has 1 rings (SSSR count). The maximum atomic E-state index is 11.6. The zero-order chi connectivity index (χ0) is 15.7. The Bertz CT molecular complexity index is 405. The highest BCUT2D eigenvalue weighted by molar-refractivity contribution is 5.73. The van der Waals surface area contributed by atoms with Gasteiger partial charge in [-0.1, -0.05) is 30.3 Å². The Morgan fingerprint density at radius 2 is 1.52 bits per heavy atom. The summed E-state index contributed by atoms with van der Waals surface area (Å²) in [5.41, 5.74) is 0.864. The van der Waals surface area contributed by atoms with Crippen molar-refractivity contribution in [2.45, 2.75) is 39.7 Å². The van der Waals surface area contributed by atoms with Gasteiger partial charge < -0.3 is 19.5 Å². The van der Waals surface area contributed by atoms with E-state index in [0.29, 0.717) is 19.8 Å². The molecule has 0 aliphatic carbocycles. The molecule has 1 aromatic rings. The maximum Gasteiger partial charge on any atom is 0.308 e. The number of hydrogen-bond acceptors (Lipinski definition) is 4. The largest absolute Gasteiger partial charge is 0.342 e. The van der Waals surface area contributed by atoms with Crippen LogP contribution in [0.25, 0.3) is 0 Å². The van der Waals surface area contributed by atoms with Crippen molar-refractivity contribution in [1.82, 2.24) is 5.32 Å². The molecule has 0 aliphatic rings. The number of benzene rings is 1. The molecule has 0 bridgehead atoms. The lowest BCUT2D eigenvalue weighted by atomic mass is 10.0. The molecule has 0 aromatic heterocycles. The Morgan fingerprint density at radius 3 is 1.90 bits per heavy atom. The van der Waals surface area contributed by atoms with Gasteiger partial charge in [0.05, 0.1) is 0 Å². The summed E-state index contributed by atoms with van der Waals surface area (Å²) in [6.45, 7) is 8.27. The second-order valence-corrected chi connectivity index (χ2v) is 4.45. The molecule has 5 nitrogen and oxygen atoms in total. The number of ether oxygens (including phenoxy) is 3. The topological polar surface area (TPSA) is 56.8 Å². The normalized spacial score (nSPS) is 13.0. The molecule has 1 amide bonds. The van der Waals surface area contributed by atoms with Gasteiger partial charge in [-0.25, -0.2) is 0 Å². The first-order valence-corrected chi connectivity index (χ1v) is 7.33. The maximum absolute atomic E-state index is 11.6. The Labute approximate surface area is 126 Å². The molecule has 1 aromatic carbocycles. The number of rotatable bonds is 9. The van der Waals surface area contributed by atoms with Crippen molar-refractivity contribution in [3.8, 4) is 0 Å². The van der Waals surface area contributed by atoms with E-state index in [0.717, 1.165) is 5.56 Å². The van der Waals surface area contributed by atoms with Crippen molar-refractivity contribution < 1.29 is 19.0 Å². The highest BCUT2D eigenvalue weighted by atomic mass is 16.9. The number of carbonyl (C=O) groups excluding carboxylic acids is 1. The predicted molar refractivity (Wildman–Crippen MR) is 80.6 cm³/mol. The fraction of sp³-hybridized carbons (Fsp3) is 0.562. The van der Waals surface area contributed by atoms with Crippen LogP contribution in [0.5, 0.6) is 0 Å². The third-order valence-electron chi connectivity index (χ3n) is 2.87. The molecular formula is C16H25NO4. The third kappa shape index (κ3) is 4.81. The van der Waals surface area contributed by atoms with E-state index >= 15 is 0 Å². The summed E-state index contributed by atoms with van der Waals surface area (Å²) in [7, 11) is 0. The standard InChI is InChI=1S/C16H25NO4/c1-5-19-16(20-6-2,21-7-3)15(17-13(4)18)14-11-9-8-10-12-14/h8-12,15H,5-7H2,1-4H3,(H,17,18). The van der Waals surface area contributed by atoms with Crippen molar-refractivity contribution in [2.75, 3.05) is 19.8 Å². The van der Waals surface area contributed by atoms with Gasteiger partial charge in [-0.15, -0.1) is 0 Å². The van der Waals surface area contributed by atoms with Crippen LogP contribution in [0.4, 0.5) is 0 Å². The first-order chi connectivity index (χ1) is 10.1. The molecule has 0 aliphatic heterocycles. The summed E-state index contributed by atoms with van der Waals surface area (Å²) >= 11 is 0.